The molecule has 0 saturated carbocycles. The molecule has 0 aliphatic rings. The Balaban J connectivity index is 0.00000112. The van der Waals surface area contributed by atoms with Crippen molar-refractivity contribution in [3.8, 4) is 0 Å². The van der Waals surface area contributed by atoms with Gasteiger partial charge in [0.1, 0.15) is 0 Å². The Kier molecular flexibility index (Phi) is 5.32. The maximum Gasteiger partial charge on any atom is 0.0312 e. The fraction of sp³-hybridized carbons (Fsp3) is 0.182. The lowest BCUT2D eigenvalue weighted by Crippen LogP contribution is -3.00. The van der Waals surface area contributed by atoms with Crippen LogP contribution in [0.1, 0.15) is 11.1 Å². The first-order chi connectivity index (χ1) is 6.95. The van der Waals surface area contributed by atoms with Crippen molar-refractivity contribution in [1.82, 2.24) is 10.3 Å². The Morgan fingerprint density at radius 2 is 2.07 bits per heavy atom. The number of thiophene rings is 1. The molecule has 2 heterocycles. The van der Waals surface area contributed by atoms with E-state index in [1.165, 1.54) is 11.1 Å². The number of halogens is 1. The molecule has 2 nitrogen and oxygen atoms in total. The van der Waals surface area contributed by atoms with E-state index in [-0.39, 0.29) is 12.4 Å². The maximum absolute atomic E-state index is 4.06. The van der Waals surface area contributed by atoms with E-state index in [9.17, 15) is 0 Å². The monoisotopic (exact) mass is 239 g/mol. The molecule has 0 atom stereocenters. The summed E-state index contributed by atoms with van der Waals surface area (Å²) in [5.41, 5.74) is 2.57. The van der Waals surface area contributed by atoms with Crippen molar-refractivity contribution >= 4 is 11.3 Å². The van der Waals surface area contributed by atoms with Crippen molar-refractivity contribution in [2.75, 3.05) is 0 Å². The zero-order valence-electron chi connectivity index (χ0n) is 8.19. The summed E-state index contributed by atoms with van der Waals surface area (Å²) in [5, 5.41) is 7.63. The zero-order chi connectivity index (χ0) is 9.64. The highest BCUT2D eigenvalue weighted by molar-refractivity contribution is 7.07. The van der Waals surface area contributed by atoms with Crippen LogP contribution in [-0.2, 0) is 13.1 Å². The van der Waals surface area contributed by atoms with E-state index < -0.39 is 0 Å². The fourth-order valence-electron chi connectivity index (χ4n) is 1.25. The molecule has 1 N–H and O–H groups in total. The van der Waals surface area contributed by atoms with Crippen LogP contribution in [0.3, 0.4) is 0 Å². The van der Waals surface area contributed by atoms with E-state index in [0.717, 1.165) is 13.1 Å². The van der Waals surface area contributed by atoms with Gasteiger partial charge in [-0.15, -0.1) is 0 Å². The summed E-state index contributed by atoms with van der Waals surface area (Å²) in [6.45, 7) is 1.81. The van der Waals surface area contributed by atoms with E-state index in [4.69, 9.17) is 0 Å². The van der Waals surface area contributed by atoms with Gasteiger partial charge in [0.05, 0.1) is 0 Å². The topological polar surface area (TPSA) is 24.9 Å². The number of pyridine rings is 1. The van der Waals surface area contributed by atoms with E-state index in [1.54, 1.807) is 17.5 Å². The SMILES string of the molecule is [Cl-].c1cncc(CNCc2ccsc2)c1. The number of nitrogens with one attached hydrogen (secondary N) is 1. The van der Waals surface area contributed by atoms with Gasteiger partial charge in [0, 0.05) is 25.5 Å². The average Bonchev–Trinajstić information content (AvgIpc) is 2.72. The molecule has 0 unspecified atom stereocenters. The molecular formula is C11H12ClN2S-. The Morgan fingerprint density at radius 1 is 1.20 bits per heavy atom. The quantitative estimate of drug-likeness (QED) is 0.774. The molecule has 0 radical (unpaired) electrons. The van der Waals surface area contributed by atoms with Crippen molar-refractivity contribution in [3.63, 3.8) is 0 Å². The normalized spacial score (nSPS) is 9.60. The third-order valence-corrected chi connectivity index (χ3v) is 2.69. The predicted octanol–water partition coefficient (Wildman–Crippen LogP) is -0.563. The lowest BCUT2D eigenvalue weighted by Gasteiger charge is -2.02. The highest BCUT2D eigenvalue weighted by Crippen LogP contribution is 2.05. The molecule has 0 amide bonds. The summed E-state index contributed by atoms with van der Waals surface area (Å²) in [5.74, 6) is 0. The molecule has 0 aliphatic heterocycles. The predicted molar refractivity (Wildman–Crippen MR) is 59.1 cm³/mol. The minimum absolute atomic E-state index is 0. The fourth-order valence-corrected chi connectivity index (χ4v) is 1.92. The number of aromatic nitrogens is 1. The second-order valence-electron chi connectivity index (χ2n) is 3.10. The van der Waals surface area contributed by atoms with Gasteiger partial charge in [-0.3, -0.25) is 4.98 Å². The molecule has 2 aromatic heterocycles. The van der Waals surface area contributed by atoms with Crippen LogP contribution in [0.5, 0.6) is 0 Å². The van der Waals surface area contributed by atoms with Crippen LogP contribution < -0.4 is 17.7 Å². The van der Waals surface area contributed by atoms with Crippen molar-refractivity contribution in [1.29, 1.82) is 0 Å². The van der Waals surface area contributed by atoms with Crippen LogP contribution in [0.4, 0.5) is 0 Å². The number of nitrogens with zero attached hydrogens (tertiary/aromatic N) is 1. The number of hydrogen-bond acceptors (Lipinski definition) is 3. The van der Waals surface area contributed by atoms with Gasteiger partial charge in [-0.25, -0.2) is 0 Å². The second kappa shape index (κ2) is 6.56. The Labute approximate surface area is 99.8 Å². The molecule has 0 saturated heterocycles. The molecule has 0 bridgehead atoms. The van der Waals surface area contributed by atoms with E-state index in [2.05, 4.69) is 33.2 Å². The summed E-state index contributed by atoms with van der Waals surface area (Å²) in [6, 6.07) is 6.18. The Bertz CT molecular complexity index is 361. The summed E-state index contributed by atoms with van der Waals surface area (Å²) in [4.78, 5) is 4.06. The van der Waals surface area contributed by atoms with Crippen LogP contribution >= 0.6 is 11.3 Å². The van der Waals surface area contributed by atoms with Gasteiger partial charge < -0.3 is 17.7 Å². The third kappa shape index (κ3) is 4.00. The standard InChI is InChI=1S/C11H12N2S.ClH/c1-2-10(6-12-4-1)7-13-8-11-3-5-14-9-11;/h1-6,9,13H,7-8H2;1H/p-1. The third-order valence-electron chi connectivity index (χ3n) is 1.96. The van der Waals surface area contributed by atoms with Gasteiger partial charge in [0.25, 0.3) is 0 Å². The number of rotatable bonds is 4. The molecule has 0 aromatic carbocycles. The van der Waals surface area contributed by atoms with Gasteiger partial charge in [-0.1, -0.05) is 6.07 Å². The highest BCUT2D eigenvalue weighted by Gasteiger charge is 1.93. The van der Waals surface area contributed by atoms with Gasteiger partial charge >= 0.3 is 0 Å². The minimum Gasteiger partial charge on any atom is -1.00 e. The molecular weight excluding hydrogens is 228 g/mol. The lowest BCUT2D eigenvalue weighted by atomic mass is 10.3. The first-order valence-corrected chi connectivity index (χ1v) is 5.50. The summed E-state index contributed by atoms with van der Waals surface area (Å²) in [6.07, 6.45) is 3.68. The van der Waals surface area contributed by atoms with E-state index in [0.29, 0.717) is 0 Å². The molecule has 2 rings (SSSR count). The van der Waals surface area contributed by atoms with Crippen molar-refractivity contribution < 1.29 is 12.4 Å². The largest absolute Gasteiger partial charge is 1.00 e. The Hall–Kier alpha value is -0.900. The van der Waals surface area contributed by atoms with Crippen molar-refractivity contribution in [3.05, 3.63) is 52.5 Å². The summed E-state index contributed by atoms with van der Waals surface area (Å²) in [7, 11) is 0. The molecule has 2 aromatic rings. The zero-order valence-corrected chi connectivity index (χ0v) is 9.76. The molecule has 4 heteroatoms. The van der Waals surface area contributed by atoms with Crippen LogP contribution in [0.25, 0.3) is 0 Å². The molecule has 0 aliphatic carbocycles. The summed E-state index contributed by atoms with van der Waals surface area (Å²) >= 11 is 1.73. The van der Waals surface area contributed by atoms with Crippen molar-refractivity contribution in [2.45, 2.75) is 13.1 Å². The van der Waals surface area contributed by atoms with E-state index >= 15 is 0 Å². The van der Waals surface area contributed by atoms with Gasteiger partial charge in [0.2, 0.25) is 0 Å². The van der Waals surface area contributed by atoms with Crippen molar-refractivity contribution in [2.24, 2.45) is 0 Å². The minimum atomic E-state index is 0. The van der Waals surface area contributed by atoms with Crippen LogP contribution in [-0.4, -0.2) is 4.98 Å². The molecule has 15 heavy (non-hydrogen) atoms. The van der Waals surface area contributed by atoms with Crippen LogP contribution in [0.2, 0.25) is 0 Å². The van der Waals surface area contributed by atoms with Crippen LogP contribution in [0, 0.1) is 0 Å². The maximum atomic E-state index is 4.06. The second-order valence-corrected chi connectivity index (χ2v) is 3.88. The summed E-state index contributed by atoms with van der Waals surface area (Å²) < 4.78 is 0. The van der Waals surface area contributed by atoms with E-state index in [1.807, 2.05) is 12.3 Å². The van der Waals surface area contributed by atoms with Gasteiger partial charge in [-0.2, -0.15) is 11.3 Å². The lowest BCUT2D eigenvalue weighted by molar-refractivity contribution is -0.00000286. The molecule has 80 valence electrons. The first kappa shape index (κ1) is 12.2. The molecule has 0 spiro atoms. The average molecular weight is 240 g/mol. The number of hydrogen-bond donors (Lipinski definition) is 1. The van der Waals surface area contributed by atoms with Gasteiger partial charge in [0.15, 0.2) is 0 Å². The Morgan fingerprint density at radius 3 is 2.73 bits per heavy atom. The van der Waals surface area contributed by atoms with Crippen LogP contribution in [0.15, 0.2) is 41.4 Å². The highest BCUT2D eigenvalue weighted by atomic mass is 35.5. The van der Waals surface area contributed by atoms with Gasteiger partial charge in [-0.05, 0) is 34.0 Å². The smallest absolute Gasteiger partial charge is 0.0312 e. The molecule has 0 fully saturated rings. The first-order valence-electron chi connectivity index (χ1n) is 4.56.